The Labute approximate surface area is 110 Å². The van der Waals surface area contributed by atoms with Crippen molar-refractivity contribution in [3.05, 3.63) is 35.0 Å². The van der Waals surface area contributed by atoms with Crippen molar-refractivity contribution >= 4 is 10.9 Å². The molecule has 0 atom stereocenters. The number of aromatic nitrogens is 1. The Morgan fingerprint density at radius 2 is 1.78 bits per heavy atom. The van der Waals surface area contributed by atoms with Crippen LogP contribution in [0.4, 0.5) is 0 Å². The van der Waals surface area contributed by atoms with Crippen LogP contribution in [-0.4, -0.2) is 4.57 Å². The normalized spacial score (nSPS) is 12.0. The molecule has 2 rings (SSSR count). The van der Waals surface area contributed by atoms with Crippen molar-refractivity contribution in [2.75, 3.05) is 0 Å². The Morgan fingerprint density at radius 3 is 2.28 bits per heavy atom. The number of benzene rings is 1. The van der Waals surface area contributed by atoms with Gasteiger partial charge < -0.3 is 10.3 Å². The fourth-order valence-corrected chi connectivity index (χ4v) is 2.87. The zero-order valence-corrected chi connectivity index (χ0v) is 12.1. The molecule has 2 heteroatoms. The topological polar surface area (TPSA) is 30.9 Å². The molecule has 0 aliphatic rings. The summed E-state index contributed by atoms with van der Waals surface area (Å²) >= 11 is 0. The lowest BCUT2D eigenvalue weighted by Gasteiger charge is -2.10. The molecule has 0 spiro atoms. The van der Waals surface area contributed by atoms with Gasteiger partial charge in [-0.1, -0.05) is 33.8 Å². The molecule has 0 aliphatic carbocycles. The summed E-state index contributed by atoms with van der Waals surface area (Å²) in [5, 5.41) is 1.33. The third-order valence-corrected chi connectivity index (χ3v) is 3.80. The molecular formula is C16H24N2. The van der Waals surface area contributed by atoms with Crippen LogP contribution in [-0.2, 0) is 13.6 Å². The van der Waals surface area contributed by atoms with Crippen molar-refractivity contribution in [2.45, 2.75) is 46.1 Å². The molecule has 2 nitrogen and oxygen atoms in total. The third kappa shape index (κ3) is 1.95. The van der Waals surface area contributed by atoms with Crippen LogP contribution in [0.15, 0.2) is 18.2 Å². The standard InChI is InChI=1S/C16H24N2/c1-10(2)12-6-7-15-13(8-12)14(9-17)16(11(3)4)18(15)5/h6-8,10-11H,9,17H2,1-5H3. The molecule has 1 aromatic heterocycles. The summed E-state index contributed by atoms with van der Waals surface area (Å²) in [6, 6.07) is 6.78. The summed E-state index contributed by atoms with van der Waals surface area (Å²) in [6.45, 7) is 9.55. The van der Waals surface area contributed by atoms with Gasteiger partial charge in [-0.2, -0.15) is 0 Å². The van der Waals surface area contributed by atoms with Gasteiger partial charge in [-0.05, 0) is 35.1 Å². The van der Waals surface area contributed by atoms with Crippen molar-refractivity contribution in [3.63, 3.8) is 0 Å². The van der Waals surface area contributed by atoms with Gasteiger partial charge in [-0.15, -0.1) is 0 Å². The van der Waals surface area contributed by atoms with E-state index >= 15 is 0 Å². The minimum absolute atomic E-state index is 0.503. The Morgan fingerprint density at radius 1 is 1.11 bits per heavy atom. The third-order valence-electron chi connectivity index (χ3n) is 3.80. The molecule has 0 bridgehead atoms. The Bertz CT molecular complexity index is 562. The van der Waals surface area contributed by atoms with E-state index in [0.717, 1.165) is 0 Å². The molecule has 18 heavy (non-hydrogen) atoms. The number of hydrogen-bond donors (Lipinski definition) is 1. The highest BCUT2D eigenvalue weighted by molar-refractivity contribution is 5.86. The lowest BCUT2D eigenvalue weighted by molar-refractivity contribution is 0.739. The summed E-state index contributed by atoms with van der Waals surface area (Å²) in [5.74, 6) is 1.06. The largest absolute Gasteiger partial charge is 0.347 e. The van der Waals surface area contributed by atoms with Gasteiger partial charge in [0.1, 0.15) is 0 Å². The number of rotatable bonds is 3. The van der Waals surface area contributed by atoms with Gasteiger partial charge in [0.05, 0.1) is 0 Å². The molecule has 0 saturated heterocycles. The van der Waals surface area contributed by atoms with E-state index in [1.807, 2.05) is 0 Å². The molecule has 0 radical (unpaired) electrons. The van der Waals surface area contributed by atoms with Crippen LogP contribution in [0.3, 0.4) is 0 Å². The van der Waals surface area contributed by atoms with Crippen LogP contribution in [0.25, 0.3) is 10.9 Å². The molecule has 0 unspecified atom stereocenters. The van der Waals surface area contributed by atoms with Crippen LogP contribution in [0.2, 0.25) is 0 Å². The molecule has 1 heterocycles. The van der Waals surface area contributed by atoms with Crippen molar-refractivity contribution in [2.24, 2.45) is 12.8 Å². The first-order valence-electron chi connectivity index (χ1n) is 6.78. The average Bonchev–Trinajstić information content (AvgIpc) is 2.61. The van der Waals surface area contributed by atoms with Crippen molar-refractivity contribution in [1.29, 1.82) is 0 Å². The van der Waals surface area contributed by atoms with E-state index in [9.17, 15) is 0 Å². The summed E-state index contributed by atoms with van der Waals surface area (Å²) in [7, 11) is 2.14. The summed E-state index contributed by atoms with van der Waals surface area (Å²) in [6.07, 6.45) is 0. The summed E-state index contributed by atoms with van der Waals surface area (Å²) in [4.78, 5) is 0. The molecule has 98 valence electrons. The van der Waals surface area contributed by atoms with Crippen LogP contribution in [0.5, 0.6) is 0 Å². The van der Waals surface area contributed by atoms with Gasteiger partial charge in [0.2, 0.25) is 0 Å². The average molecular weight is 244 g/mol. The molecule has 0 fully saturated rings. The zero-order valence-electron chi connectivity index (χ0n) is 12.1. The highest BCUT2D eigenvalue weighted by Gasteiger charge is 2.17. The Kier molecular flexibility index (Phi) is 3.49. The molecule has 0 amide bonds. The van der Waals surface area contributed by atoms with Crippen LogP contribution in [0, 0.1) is 0 Å². The maximum absolute atomic E-state index is 5.98. The number of hydrogen-bond acceptors (Lipinski definition) is 1. The number of aryl methyl sites for hydroxylation is 1. The highest BCUT2D eigenvalue weighted by Crippen LogP contribution is 2.32. The molecule has 1 aromatic carbocycles. The van der Waals surface area contributed by atoms with E-state index in [-0.39, 0.29) is 0 Å². The van der Waals surface area contributed by atoms with Gasteiger partial charge in [-0.3, -0.25) is 0 Å². The van der Waals surface area contributed by atoms with Crippen molar-refractivity contribution < 1.29 is 0 Å². The molecule has 2 aromatic rings. The smallest absolute Gasteiger partial charge is 0.0483 e. The lowest BCUT2D eigenvalue weighted by atomic mass is 9.98. The van der Waals surface area contributed by atoms with Gasteiger partial charge >= 0.3 is 0 Å². The van der Waals surface area contributed by atoms with E-state index < -0.39 is 0 Å². The fourth-order valence-electron chi connectivity index (χ4n) is 2.87. The van der Waals surface area contributed by atoms with Crippen LogP contribution >= 0.6 is 0 Å². The fraction of sp³-hybridized carbons (Fsp3) is 0.500. The monoisotopic (exact) mass is 244 g/mol. The number of nitrogens with zero attached hydrogens (tertiary/aromatic N) is 1. The van der Waals surface area contributed by atoms with Gasteiger partial charge in [0.15, 0.2) is 0 Å². The first-order valence-corrected chi connectivity index (χ1v) is 6.78. The van der Waals surface area contributed by atoms with Crippen molar-refractivity contribution in [3.8, 4) is 0 Å². The highest BCUT2D eigenvalue weighted by atomic mass is 15.0. The predicted octanol–water partition coefficient (Wildman–Crippen LogP) is 3.88. The summed E-state index contributed by atoms with van der Waals surface area (Å²) in [5.41, 5.74) is 11.3. The second-order valence-corrected chi connectivity index (χ2v) is 5.71. The lowest BCUT2D eigenvalue weighted by Crippen LogP contribution is -2.05. The van der Waals surface area contributed by atoms with Gasteiger partial charge in [0, 0.05) is 30.2 Å². The Balaban J connectivity index is 2.78. The van der Waals surface area contributed by atoms with Gasteiger partial charge in [0.25, 0.3) is 0 Å². The second-order valence-electron chi connectivity index (χ2n) is 5.71. The second kappa shape index (κ2) is 4.77. The van der Waals surface area contributed by atoms with Crippen molar-refractivity contribution in [1.82, 2.24) is 4.57 Å². The molecule has 0 aliphatic heterocycles. The maximum Gasteiger partial charge on any atom is 0.0483 e. The number of nitrogens with two attached hydrogens (primary N) is 1. The molecular weight excluding hydrogens is 220 g/mol. The van der Waals surface area contributed by atoms with E-state index in [4.69, 9.17) is 5.73 Å². The minimum Gasteiger partial charge on any atom is -0.347 e. The SMILES string of the molecule is CC(C)c1ccc2c(c1)c(CN)c(C(C)C)n2C. The van der Waals surface area contributed by atoms with Crippen LogP contribution in [0.1, 0.15) is 56.4 Å². The summed E-state index contributed by atoms with van der Waals surface area (Å²) < 4.78 is 2.30. The van der Waals surface area contributed by atoms with E-state index in [0.29, 0.717) is 18.4 Å². The predicted molar refractivity (Wildman–Crippen MR) is 79.0 cm³/mol. The van der Waals surface area contributed by atoms with Gasteiger partial charge in [-0.25, -0.2) is 0 Å². The zero-order chi connectivity index (χ0) is 13.4. The maximum atomic E-state index is 5.98. The molecule has 2 N–H and O–H groups in total. The Hall–Kier alpha value is -1.28. The number of fused-ring (bicyclic) bond motifs is 1. The first-order chi connectivity index (χ1) is 8.47. The first kappa shape index (κ1) is 13.2. The van der Waals surface area contributed by atoms with E-state index in [1.54, 1.807) is 0 Å². The van der Waals surface area contributed by atoms with E-state index in [1.165, 1.54) is 27.7 Å². The minimum atomic E-state index is 0.503. The van der Waals surface area contributed by atoms with Crippen LogP contribution < -0.4 is 5.73 Å². The quantitative estimate of drug-likeness (QED) is 0.872. The van der Waals surface area contributed by atoms with E-state index in [2.05, 4.69) is 57.5 Å². The molecule has 0 saturated carbocycles.